The molecule has 0 saturated carbocycles. The number of nitrogens with zero attached hydrogens (tertiary/aromatic N) is 2. The zero-order valence-corrected chi connectivity index (χ0v) is 11.7. The van der Waals surface area contributed by atoms with Gasteiger partial charge in [0.05, 0.1) is 12.1 Å². The first-order chi connectivity index (χ1) is 9.09. The zero-order valence-electron chi connectivity index (χ0n) is 11.7. The molecule has 0 aromatic carbocycles. The van der Waals surface area contributed by atoms with E-state index in [0.29, 0.717) is 5.92 Å². The lowest BCUT2D eigenvalue weighted by Gasteiger charge is -2.28. The molecule has 1 aliphatic heterocycles. The predicted molar refractivity (Wildman–Crippen MR) is 75.4 cm³/mol. The van der Waals surface area contributed by atoms with Crippen LogP contribution in [0.3, 0.4) is 0 Å². The summed E-state index contributed by atoms with van der Waals surface area (Å²) in [7, 11) is 0. The third-order valence-corrected chi connectivity index (χ3v) is 3.65. The van der Waals surface area contributed by atoms with Crippen LogP contribution in [0.15, 0.2) is 24.5 Å². The van der Waals surface area contributed by atoms with Crippen molar-refractivity contribution in [2.75, 3.05) is 6.54 Å². The van der Waals surface area contributed by atoms with Gasteiger partial charge in [0.2, 0.25) is 5.91 Å². The molecule has 2 rings (SSSR count). The molecule has 19 heavy (non-hydrogen) atoms. The van der Waals surface area contributed by atoms with Gasteiger partial charge < -0.3 is 10.6 Å². The van der Waals surface area contributed by atoms with Crippen LogP contribution in [0.5, 0.6) is 0 Å². The van der Waals surface area contributed by atoms with E-state index in [2.05, 4.69) is 18.8 Å². The van der Waals surface area contributed by atoms with Crippen LogP contribution in [-0.2, 0) is 4.79 Å². The summed E-state index contributed by atoms with van der Waals surface area (Å²) in [6.45, 7) is 5.00. The second-order valence-corrected chi connectivity index (χ2v) is 5.71. The predicted octanol–water partition coefficient (Wildman–Crippen LogP) is 2.12. The highest BCUT2D eigenvalue weighted by atomic mass is 16.2. The second kappa shape index (κ2) is 6.15. The highest BCUT2D eigenvalue weighted by Crippen LogP contribution is 2.32. The summed E-state index contributed by atoms with van der Waals surface area (Å²) in [5.41, 5.74) is 7.15. The Balaban J connectivity index is 2.08. The maximum Gasteiger partial charge on any atom is 0.240 e. The topological polar surface area (TPSA) is 59.2 Å². The Kier molecular flexibility index (Phi) is 4.53. The van der Waals surface area contributed by atoms with Crippen LogP contribution in [0.1, 0.15) is 44.7 Å². The number of carbonyl (C=O) groups is 1. The Labute approximate surface area is 115 Å². The molecule has 0 bridgehead atoms. The molecule has 1 amide bonds. The van der Waals surface area contributed by atoms with E-state index in [0.717, 1.165) is 31.4 Å². The number of pyridine rings is 1. The average molecular weight is 261 g/mol. The molecule has 0 spiro atoms. The summed E-state index contributed by atoms with van der Waals surface area (Å²) in [6, 6.07) is 3.73. The van der Waals surface area contributed by atoms with E-state index in [-0.39, 0.29) is 18.0 Å². The molecule has 2 unspecified atom stereocenters. The highest BCUT2D eigenvalue weighted by Gasteiger charge is 2.32. The van der Waals surface area contributed by atoms with Crippen LogP contribution in [0.2, 0.25) is 0 Å². The van der Waals surface area contributed by atoms with Gasteiger partial charge in [-0.15, -0.1) is 0 Å². The standard InChI is InChI=1S/C15H23N3O/c1-11(2)9-13(16)15(19)18-8-4-6-14(18)12-5-3-7-17-10-12/h3,5,7,10-11,13-14H,4,6,8-9,16H2,1-2H3. The van der Waals surface area contributed by atoms with Gasteiger partial charge >= 0.3 is 0 Å². The normalized spacial score (nSPS) is 20.8. The SMILES string of the molecule is CC(C)CC(N)C(=O)N1CCCC1c1cccnc1. The van der Waals surface area contributed by atoms with Crippen LogP contribution in [0, 0.1) is 5.92 Å². The first-order valence-electron chi connectivity index (χ1n) is 7.05. The van der Waals surface area contributed by atoms with Gasteiger partial charge in [-0.1, -0.05) is 19.9 Å². The smallest absolute Gasteiger partial charge is 0.240 e. The summed E-state index contributed by atoms with van der Waals surface area (Å²) < 4.78 is 0. The van der Waals surface area contributed by atoms with Crippen LogP contribution in [0.25, 0.3) is 0 Å². The Morgan fingerprint density at radius 2 is 2.37 bits per heavy atom. The third kappa shape index (κ3) is 3.32. The molecule has 1 aliphatic rings. The molecule has 4 nitrogen and oxygen atoms in total. The lowest BCUT2D eigenvalue weighted by Crippen LogP contribution is -2.44. The number of rotatable bonds is 4. The van der Waals surface area contributed by atoms with Crippen LogP contribution in [0.4, 0.5) is 0 Å². The van der Waals surface area contributed by atoms with Gasteiger partial charge in [-0.25, -0.2) is 0 Å². The van der Waals surface area contributed by atoms with E-state index in [9.17, 15) is 4.79 Å². The van der Waals surface area contributed by atoms with Gasteiger partial charge in [0.25, 0.3) is 0 Å². The van der Waals surface area contributed by atoms with Gasteiger partial charge in [-0.2, -0.15) is 0 Å². The van der Waals surface area contributed by atoms with Crippen molar-refractivity contribution in [3.05, 3.63) is 30.1 Å². The van der Waals surface area contributed by atoms with E-state index < -0.39 is 0 Å². The van der Waals surface area contributed by atoms with Crippen molar-refractivity contribution in [3.63, 3.8) is 0 Å². The molecule has 1 aromatic rings. The molecular formula is C15H23N3O. The number of hydrogen-bond donors (Lipinski definition) is 1. The minimum Gasteiger partial charge on any atom is -0.334 e. The van der Waals surface area contributed by atoms with E-state index in [4.69, 9.17) is 5.73 Å². The molecule has 4 heteroatoms. The van der Waals surface area contributed by atoms with Crippen molar-refractivity contribution < 1.29 is 4.79 Å². The molecule has 2 heterocycles. The molecule has 1 saturated heterocycles. The van der Waals surface area contributed by atoms with E-state index in [1.165, 1.54) is 0 Å². The van der Waals surface area contributed by atoms with Crippen LogP contribution < -0.4 is 5.73 Å². The number of carbonyl (C=O) groups excluding carboxylic acids is 1. The minimum atomic E-state index is -0.378. The van der Waals surface area contributed by atoms with Crippen molar-refractivity contribution in [2.45, 2.75) is 45.2 Å². The fourth-order valence-electron chi connectivity index (χ4n) is 2.77. The van der Waals surface area contributed by atoms with Crippen molar-refractivity contribution in [3.8, 4) is 0 Å². The van der Waals surface area contributed by atoms with E-state index in [1.807, 2.05) is 23.2 Å². The van der Waals surface area contributed by atoms with Crippen LogP contribution in [-0.4, -0.2) is 28.4 Å². The average Bonchev–Trinajstić information content (AvgIpc) is 2.87. The Morgan fingerprint density at radius 3 is 3.00 bits per heavy atom. The fraction of sp³-hybridized carbons (Fsp3) is 0.600. The van der Waals surface area contributed by atoms with Gasteiger partial charge in [0, 0.05) is 18.9 Å². The summed E-state index contributed by atoms with van der Waals surface area (Å²) in [5, 5.41) is 0. The maximum absolute atomic E-state index is 12.4. The summed E-state index contributed by atoms with van der Waals surface area (Å²) in [4.78, 5) is 18.5. The molecule has 1 fully saturated rings. The van der Waals surface area contributed by atoms with E-state index >= 15 is 0 Å². The minimum absolute atomic E-state index is 0.0834. The zero-order chi connectivity index (χ0) is 13.8. The third-order valence-electron chi connectivity index (χ3n) is 3.65. The number of aromatic nitrogens is 1. The Bertz CT molecular complexity index is 419. The van der Waals surface area contributed by atoms with Crippen LogP contribution >= 0.6 is 0 Å². The molecule has 2 N–H and O–H groups in total. The first-order valence-corrected chi connectivity index (χ1v) is 7.05. The molecule has 104 valence electrons. The molecule has 1 aromatic heterocycles. The summed E-state index contributed by atoms with van der Waals surface area (Å²) in [5.74, 6) is 0.526. The molecule has 2 atom stereocenters. The van der Waals surface area contributed by atoms with E-state index in [1.54, 1.807) is 6.20 Å². The van der Waals surface area contributed by atoms with Crippen molar-refractivity contribution in [2.24, 2.45) is 11.7 Å². The lowest BCUT2D eigenvalue weighted by atomic mass is 10.0. The largest absolute Gasteiger partial charge is 0.334 e. The number of amides is 1. The van der Waals surface area contributed by atoms with Gasteiger partial charge in [0.1, 0.15) is 0 Å². The van der Waals surface area contributed by atoms with Gasteiger partial charge in [0.15, 0.2) is 0 Å². The van der Waals surface area contributed by atoms with Gasteiger partial charge in [-0.3, -0.25) is 9.78 Å². The number of nitrogens with two attached hydrogens (primary N) is 1. The fourth-order valence-corrected chi connectivity index (χ4v) is 2.77. The summed E-state index contributed by atoms with van der Waals surface area (Å²) >= 11 is 0. The first kappa shape index (κ1) is 14.0. The number of hydrogen-bond acceptors (Lipinski definition) is 3. The molecular weight excluding hydrogens is 238 g/mol. The molecule has 0 radical (unpaired) electrons. The quantitative estimate of drug-likeness (QED) is 0.903. The number of likely N-dealkylation sites (tertiary alicyclic amines) is 1. The van der Waals surface area contributed by atoms with Crippen molar-refractivity contribution >= 4 is 5.91 Å². The Hall–Kier alpha value is -1.42. The molecule has 0 aliphatic carbocycles. The highest BCUT2D eigenvalue weighted by molar-refractivity contribution is 5.82. The summed E-state index contributed by atoms with van der Waals surface area (Å²) in [6.07, 6.45) is 6.40. The monoisotopic (exact) mass is 261 g/mol. The Morgan fingerprint density at radius 1 is 1.58 bits per heavy atom. The van der Waals surface area contributed by atoms with Crippen molar-refractivity contribution in [1.29, 1.82) is 0 Å². The maximum atomic E-state index is 12.4. The lowest BCUT2D eigenvalue weighted by molar-refractivity contribution is -0.133. The van der Waals surface area contributed by atoms with Crippen molar-refractivity contribution in [1.82, 2.24) is 9.88 Å². The second-order valence-electron chi connectivity index (χ2n) is 5.71. The van der Waals surface area contributed by atoms with Gasteiger partial charge in [-0.05, 0) is 36.8 Å².